The van der Waals surface area contributed by atoms with Gasteiger partial charge in [-0.1, -0.05) is 95.6 Å². The Labute approximate surface area is 189 Å². The van der Waals surface area contributed by atoms with Crippen LogP contribution in [-0.2, 0) is 18.1 Å². The zero-order valence-corrected chi connectivity index (χ0v) is 22.9. The van der Waals surface area contributed by atoms with Gasteiger partial charge in [-0.25, -0.2) is 4.57 Å². The maximum atomic E-state index is 12.8. The van der Waals surface area contributed by atoms with Gasteiger partial charge in [0.1, 0.15) is 0 Å². The van der Waals surface area contributed by atoms with E-state index in [0.29, 0.717) is 0 Å². The van der Waals surface area contributed by atoms with Crippen LogP contribution >= 0.6 is 103 Å². The molecule has 0 saturated heterocycles. The monoisotopic (exact) mass is 734 g/mol. The number of phosphoric acid groups is 1. The summed E-state index contributed by atoms with van der Waals surface area (Å²) in [6.45, 7) is 0.791. The average Bonchev–Trinajstić information content (AvgIpc) is 2.50. The summed E-state index contributed by atoms with van der Waals surface area (Å²) in [4.78, 5) is 0.269. The normalized spacial score (nSPS) is 18.3. The first-order valence-electron chi connectivity index (χ1n) is 7.00. The number of hydrogen-bond acceptors (Lipinski definition) is 4. The van der Waals surface area contributed by atoms with Crippen molar-refractivity contribution >= 4 is 103 Å². The highest BCUT2D eigenvalue weighted by atomic mass is 79.9. The molecule has 3 unspecified atom stereocenters. The Morgan fingerprint density at radius 3 is 1.13 bits per heavy atom. The van der Waals surface area contributed by atoms with E-state index in [2.05, 4.69) is 95.6 Å². The zero-order chi connectivity index (χ0) is 17.7. The van der Waals surface area contributed by atoms with Gasteiger partial charge in [0, 0.05) is 30.5 Å². The van der Waals surface area contributed by atoms with E-state index in [4.69, 9.17) is 13.6 Å². The van der Waals surface area contributed by atoms with E-state index in [9.17, 15) is 4.57 Å². The van der Waals surface area contributed by atoms with Crippen LogP contribution in [0.3, 0.4) is 0 Å². The first kappa shape index (κ1) is 26.0. The largest absolute Gasteiger partial charge is 0.474 e. The molecule has 0 aliphatic rings. The number of alkyl halides is 6. The fraction of sp³-hybridized carbons (Fsp3) is 1.00. The predicted molar refractivity (Wildman–Crippen MR) is 119 cm³/mol. The number of halogens is 6. The second kappa shape index (κ2) is 16.0. The molecule has 0 aliphatic carbocycles. The summed E-state index contributed by atoms with van der Waals surface area (Å²) < 4.78 is 29.2. The molecule has 0 bridgehead atoms. The van der Waals surface area contributed by atoms with Crippen LogP contribution in [0.2, 0.25) is 0 Å². The summed E-state index contributed by atoms with van der Waals surface area (Å²) >= 11 is 20.5. The summed E-state index contributed by atoms with van der Waals surface area (Å²) in [5.74, 6) is 0. The van der Waals surface area contributed by atoms with Gasteiger partial charge in [-0.2, -0.15) is 0 Å². The topological polar surface area (TPSA) is 44.8 Å². The van der Waals surface area contributed by atoms with E-state index in [0.717, 1.165) is 35.3 Å². The molecule has 0 aromatic carbocycles. The molecule has 0 radical (unpaired) electrons. The predicted octanol–water partition coefficient (Wildman–Crippen LogP) is 6.79. The molecule has 3 atom stereocenters. The van der Waals surface area contributed by atoms with E-state index in [1.54, 1.807) is 0 Å². The van der Waals surface area contributed by atoms with E-state index < -0.39 is 7.82 Å². The third-order valence-corrected chi connectivity index (χ3v) is 7.44. The van der Waals surface area contributed by atoms with Crippen molar-refractivity contribution in [3.63, 3.8) is 0 Å². The van der Waals surface area contributed by atoms with Crippen LogP contribution in [0.15, 0.2) is 0 Å². The van der Waals surface area contributed by atoms with E-state index >= 15 is 0 Å². The fourth-order valence-corrected chi connectivity index (χ4v) is 7.74. The first-order chi connectivity index (χ1) is 10.9. The fourth-order valence-electron chi connectivity index (χ4n) is 1.23. The van der Waals surface area contributed by atoms with Gasteiger partial charge < -0.3 is 0 Å². The van der Waals surface area contributed by atoms with Crippen molar-refractivity contribution < 1.29 is 18.1 Å². The molecule has 0 N–H and O–H groups in total. The molecule has 4 nitrogen and oxygen atoms in total. The minimum atomic E-state index is -3.59. The molecule has 23 heavy (non-hydrogen) atoms. The highest BCUT2D eigenvalue weighted by Gasteiger charge is 2.29. The van der Waals surface area contributed by atoms with Gasteiger partial charge in [0.2, 0.25) is 0 Å². The molecule has 0 saturated carbocycles. The third kappa shape index (κ3) is 14.7. The Kier molecular flexibility index (Phi) is 18.1. The Bertz CT molecular complexity index is 291. The van der Waals surface area contributed by atoms with Crippen LogP contribution in [0.5, 0.6) is 0 Å². The van der Waals surface area contributed by atoms with Gasteiger partial charge >= 0.3 is 7.82 Å². The van der Waals surface area contributed by atoms with E-state index in [-0.39, 0.29) is 34.3 Å². The Morgan fingerprint density at radius 2 is 0.913 bits per heavy atom. The van der Waals surface area contributed by atoms with Crippen molar-refractivity contribution in [2.75, 3.05) is 35.8 Å². The minimum Gasteiger partial charge on any atom is -0.286 e. The molecule has 11 heteroatoms. The highest BCUT2D eigenvalue weighted by Crippen LogP contribution is 2.50. The number of phosphoric ester groups is 1. The summed E-state index contributed by atoms with van der Waals surface area (Å²) in [6.07, 6.45) is 2.57. The van der Waals surface area contributed by atoms with Crippen molar-refractivity contribution in [3.05, 3.63) is 0 Å². The van der Waals surface area contributed by atoms with Gasteiger partial charge in [-0.3, -0.25) is 13.6 Å². The molecule has 0 aromatic rings. The highest BCUT2D eigenvalue weighted by molar-refractivity contribution is 9.10. The van der Waals surface area contributed by atoms with Crippen molar-refractivity contribution in [2.24, 2.45) is 0 Å². The Balaban J connectivity index is 4.52. The van der Waals surface area contributed by atoms with Gasteiger partial charge in [-0.15, -0.1) is 0 Å². The zero-order valence-electron chi connectivity index (χ0n) is 12.4. The summed E-state index contributed by atoms with van der Waals surface area (Å²) in [5.41, 5.74) is 0. The number of hydrogen-bond donors (Lipinski definition) is 0. The summed E-state index contributed by atoms with van der Waals surface area (Å²) in [7, 11) is -3.59. The molecule has 0 fully saturated rings. The van der Waals surface area contributed by atoms with Crippen LogP contribution in [0.25, 0.3) is 0 Å². The lowest BCUT2D eigenvalue weighted by molar-refractivity contribution is 0.114. The molecule has 0 amide bonds. The maximum Gasteiger partial charge on any atom is 0.474 e. The van der Waals surface area contributed by atoms with Crippen LogP contribution < -0.4 is 0 Å². The van der Waals surface area contributed by atoms with Crippen molar-refractivity contribution in [3.8, 4) is 0 Å². The van der Waals surface area contributed by atoms with Crippen molar-refractivity contribution in [1.29, 1.82) is 0 Å². The molecule has 0 spiro atoms. The Morgan fingerprint density at radius 1 is 0.652 bits per heavy atom. The second-order valence-corrected chi connectivity index (χ2v) is 12.5. The smallest absolute Gasteiger partial charge is 0.286 e. The molecule has 140 valence electrons. The van der Waals surface area contributed by atoms with E-state index in [1.165, 1.54) is 0 Å². The summed E-state index contributed by atoms with van der Waals surface area (Å²) in [6, 6.07) is 0. The SMILES string of the molecule is O=P(OCC(Br)CCBr)(OCC(Br)CCBr)OCC(Br)CCBr. The van der Waals surface area contributed by atoms with Crippen molar-refractivity contribution in [1.82, 2.24) is 0 Å². The molecule has 0 aliphatic heterocycles. The maximum absolute atomic E-state index is 12.8. The first-order valence-corrected chi connectivity index (χ1v) is 14.6. The second-order valence-electron chi connectivity index (χ2n) is 4.56. The van der Waals surface area contributed by atoms with Crippen LogP contribution in [0.4, 0.5) is 0 Å². The lowest BCUT2D eigenvalue weighted by Crippen LogP contribution is -2.16. The van der Waals surface area contributed by atoms with Crippen molar-refractivity contribution in [2.45, 2.75) is 33.7 Å². The minimum absolute atomic E-state index is 0.0898. The van der Waals surface area contributed by atoms with Crippen LogP contribution in [0, 0.1) is 0 Å². The molecular weight excluding hydrogens is 719 g/mol. The molecule has 0 aromatic heterocycles. The molecular formula is C12H21Br6O4P. The van der Waals surface area contributed by atoms with Gasteiger partial charge in [-0.05, 0) is 19.3 Å². The van der Waals surface area contributed by atoms with Crippen LogP contribution in [-0.4, -0.2) is 50.3 Å². The standard InChI is InChI=1S/C12H21Br6O4P/c13-4-1-10(16)7-20-23(19,21-8-11(17)2-5-14)22-9-12(18)3-6-15/h10-12H,1-9H2. The molecule has 0 heterocycles. The third-order valence-electron chi connectivity index (χ3n) is 2.51. The average molecular weight is 740 g/mol. The molecule has 0 rings (SSSR count). The quantitative estimate of drug-likeness (QED) is 0.137. The summed E-state index contributed by atoms with van der Waals surface area (Å²) in [5, 5.41) is 2.51. The number of rotatable bonds is 15. The Hall–Kier alpha value is 2.99. The van der Waals surface area contributed by atoms with Crippen LogP contribution in [0.1, 0.15) is 19.3 Å². The van der Waals surface area contributed by atoms with Gasteiger partial charge in [0.15, 0.2) is 0 Å². The van der Waals surface area contributed by atoms with Gasteiger partial charge in [0.05, 0.1) is 19.8 Å². The lowest BCUT2D eigenvalue weighted by Gasteiger charge is -2.21. The lowest BCUT2D eigenvalue weighted by atomic mass is 10.4. The van der Waals surface area contributed by atoms with E-state index in [1.807, 2.05) is 0 Å². The van der Waals surface area contributed by atoms with Gasteiger partial charge in [0.25, 0.3) is 0 Å².